The molecule has 41 heavy (non-hydrogen) atoms. The van der Waals surface area contributed by atoms with Crippen LogP contribution < -0.4 is 10.1 Å². The summed E-state index contributed by atoms with van der Waals surface area (Å²) in [6.07, 6.45) is -4.00. The molecule has 4 aromatic rings. The van der Waals surface area contributed by atoms with Crippen LogP contribution in [0.25, 0.3) is 10.6 Å². The Kier molecular flexibility index (Phi) is 9.18. The second-order valence-corrected chi connectivity index (χ2v) is 11.8. The average molecular weight is 603 g/mol. The van der Waals surface area contributed by atoms with Gasteiger partial charge in [-0.3, -0.25) is 4.79 Å². The zero-order chi connectivity index (χ0) is 29.8. The van der Waals surface area contributed by atoms with E-state index in [1.54, 1.807) is 32.9 Å². The molecule has 0 aliphatic carbocycles. The Balaban J connectivity index is 1.51. The molecule has 2 aromatic heterocycles. The fraction of sp³-hybridized carbons (Fsp3) is 0.300. The number of halogens is 3. The van der Waals surface area contributed by atoms with Crippen molar-refractivity contribution in [1.29, 1.82) is 0 Å². The number of rotatable bonds is 10. The number of hydrogen-bond acceptors (Lipinski definition) is 7. The first-order chi connectivity index (χ1) is 19.4. The molecule has 1 N–H and O–H groups in total. The molecule has 2 heterocycles. The van der Waals surface area contributed by atoms with Crippen molar-refractivity contribution in [3.63, 3.8) is 0 Å². The molecule has 0 fully saturated rings. The van der Waals surface area contributed by atoms with Crippen molar-refractivity contribution in [3.8, 4) is 16.3 Å². The van der Waals surface area contributed by atoms with Gasteiger partial charge in [0.05, 0.1) is 17.9 Å². The quantitative estimate of drug-likeness (QED) is 0.191. The Hall–Kier alpha value is -3.70. The highest BCUT2D eigenvalue weighted by Crippen LogP contribution is 2.34. The fourth-order valence-electron chi connectivity index (χ4n) is 3.98. The number of aromatic nitrogens is 1. The van der Waals surface area contributed by atoms with Crippen molar-refractivity contribution in [2.24, 2.45) is 0 Å². The Morgan fingerprint density at radius 2 is 1.78 bits per heavy atom. The maximum Gasteiger partial charge on any atom is 0.416 e. The number of nitrogens with one attached hydrogen (secondary N) is 1. The molecule has 0 spiro atoms. The monoisotopic (exact) mass is 602 g/mol. The molecule has 0 bridgehead atoms. The summed E-state index contributed by atoms with van der Waals surface area (Å²) in [5.41, 5.74) is 0.876. The lowest BCUT2D eigenvalue weighted by molar-refractivity contribution is -0.158. The molecular formula is C30H29F3N2O4S2. The summed E-state index contributed by atoms with van der Waals surface area (Å²) in [5, 5.41) is 5.35. The molecule has 2 aromatic carbocycles. The molecule has 0 aliphatic rings. The van der Waals surface area contributed by atoms with E-state index in [1.165, 1.54) is 23.5 Å². The van der Waals surface area contributed by atoms with Crippen molar-refractivity contribution >= 4 is 34.6 Å². The number of hydrogen-bond donors (Lipinski definition) is 1. The first kappa shape index (κ1) is 30.3. The van der Waals surface area contributed by atoms with Crippen LogP contribution in [0.1, 0.15) is 57.7 Å². The van der Waals surface area contributed by atoms with Gasteiger partial charge in [0.15, 0.2) is 5.60 Å². The predicted octanol–water partition coefficient (Wildman–Crippen LogP) is 7.44. The Bertz CT molecular complexity index is 1510. The number of thiazole rings is 1. The van der Waals surface area contributed by atoms with E-state index in [9.17, 15) is 22.8 Å². The topological polar surface area (TPSA) is 77.5 Å². The van der Waals surface area contributed by atoms with E-state index in [0.717, 1.165) is 39.5 Å². The summed E-state index contributed by atoms with van der Waals surface area (Å²) in [5.74, 6) is -0.291. The third-order valence-electron chi connectivity index (χ3n) is 6.18. The van der Waals surface area contributed by atoms with Gasteiger partial charge >= 0.3 is 12.1 Å². The van der Waals surface area contributed by atoms with E-state index in [-0.39, 0.29) is 19.1 Å². The van der Waals surface area contributed by atoms with Gasteiger partial charge in [-0.15, -0.1) is 22.7 Å². The maximum atomic E-state index is 13.3. The van der Waals surface area contributed by atoms with Gasteiger partial charge in [0.25, 0.3) is 5.91 Å². The van der Waals surface area contributed by atoms with Crippen LogP contribution >= 0.6 is 22.7 Å². The molecule has 0 saturated carbocycles. The molecule has 6 nitrogen and oxygen atoms in total. The summed E-state index contributed by atoms with van der Waals surface area (Å²) in [4.78, 5) is 31.6. The molecule has 0 radical (unpaired) electrons. The van der Waals surface area contributed by atoms with Crippen LogP contribution in [0.5, 0.6) is 5.75 Å². The van der Waals surface area contributed by atoms with Gasteiger partial charge in [-0.25, -0.2) is 9.78 Å². The predicted molar refractivity (Wildman–Crippen MR) is 153 cm³/mol. The van der Waals surface area contributed by atoms with E-state index >= 15 is 0 Å². The van der Waals surface area contributed by atoms with Crippen molar-refractivity contribution < 1.29 is 32.2 Å². The molecule has 0 atom stereocenters. The Morgan fingerprint density at radius 3 is 2.39 bits per heavy atom. The highest BCUT2D eigenvalue weighted by atomic mass is 32.1. The lowest BCUT2D eigenvalue weighted by Crippen LogP contribution is -2.39. The molecule has 1 amide bonds. The number of ether oxygens (including phenoxy) is 2. The second kappa shape index (κ2) is 12.4. The van der Waals surface area contributed by atoms with Gasteiger partial charge < -0.3 is 14.8 Å². The second-order valence-electron chi connectivity index (χ2n) is 9.73. The number of thiophene rings is 1. The van der Waals surface area contributed by atoms with Crippen LogP contribution in [-0.4, -0.2) is 29.1 Å². The van der Waals surface area contributed by atoms with E-state index in [2.05, 4.69) is 10.3 Å². The first-order valence-electron chi connectivity index (χ1n) is 12.8. The standard InChI is InChI=1S/C30H29F3N2O4S2/c1-5-38-28(37)29(3,4)39-22-13-10-20(18(2)15-22)17-34-26(36)25-24(16-23-7-6-14-40-23)35-27(41-25)19-8-11-21(12-9-19)30(31,32)33/h6-15H,5,16-17H2,1-4H3,(H,34,36). The Morgan fingerprint density at radius 1 is 1.05 bits per heavy atom. The molecular weight excluding hydrogens is 573 g/mol. The van der Waals surface area contributed by atoms with E-state index < -0.39 is 23.3 Å². The summed E-state index contributed by atoms with van der Waals surface area (Å²) < 4.78 is 50.0. The van der Waals surface area contributed by atoms with Gasteiger partial charge in [-0.05, 0) is 74.5 Å². The zero-order valence-electron chi connectivity index (χ0n) is 22.9. The van der Waals surface area contributed by atoms with Crippen LogP contribution in [0.4, 0.5) is 13.2 Å². The summed E-state index contributed by atoms with van der Waals surface area (Å²) in [7, 11) is 0. The number of alkyl halides is 3. The average Bonchev–Trinajstić information content (AvgIpc) is 3.58. The lowest BCUT2D eigenvalue weighted by Gasteiger charge is -2.24. The molecule has 11 heteroatoms. The summed E-state index contributed by atoms with van der Waals surface area (Å²) in [6.45, 7) is 7.37. The van der Waals surface area contributed by atoms with Gasteiger partial charge in [0.1, 0.15) is 15.6 Å². The van der Waals surface area contributed by atoms with Crippen LogP contribution in [0.3, 0.4) is 0 Å². The van der Waals surface area contributed by atoms with Gasteiger partial charge in [-0.1, -0.05) is 24.3 Å². The van der Waals surface area contributed by atoms with E-state index in [0.29, 0.717) is 33.3 Å². The number of amides is 1. The van der Waals surface area contributed by atoms with E-state index in [4.69, 9.17) is 9.47 Å². The minimum absolute atomic E-state index is 0.234. The number of aryl methyl sites for hydroxylation is 1. The highest BCUT2D eigenvalue weighted by Gasteiger charge is 2.32. The third-order valence-corrected chi connectivity index (χ3v) is 8.20. The van der Waals surface area contributed by atoms with E-state index in [1.807, 2.05) is 30.5 Å². The summed E-state index contributed by atoms with van der Waals surface area (Å²) >= 11 is 2.68. The lowest BCUT2D eigenvalue weighted by atomic mass is 10.1. The first-order valence-corrected chi connectivity index (χ1v) is 14.5. The smallest absolute Gasteiger partial charge is 0.416 e. The van der Waals surface area contributed by atoms with Crippen molar-refractivity contribution in [2.75, 3.05) is 6.61 Å². The van der Waals surface area contributed by atoms with Crippen molar-refractivity contribution in [1.82, 2.24) is 10.3 Å². The van der Waals surface area contributed by atoms with Crippen LogP contribution in [0.15, 0.2) is 60.0 Å². The molecule has 216 valence electrons. The number of esters is 1. The minimum Gasteiger partial charge on any atom is -0.476 e. The number of carbonyl (C=O) groups excluding carboxylic acids is 2. The molecule has 4 rings (SSSR count). The third kappa shape index (κ3) is 7.53. The highest BCUT2D eigenvalue weighted by molar-refractivity contribution is 7.17. The van der Waals surface area contributed by atoms with Crippen molar-refractivity contribution in [2.45, 2.75) is 52.4 Å². The largest absolute Gasteiger partial charge is 0.476 e. The van der Waals surface area contributed by atoms with Crippen LogP contribution in [0, 0.1) is 6.92 Å². The molecule has 0 saturated heterocycles. The van der Waals surface area contributed by atoms with Crippen LogP contribution in [0.2, 0.25) is 0 Å². The Labute approximate surface area is 244 Å². The minimum atomic E-state index is -4.43. The molecule has 0 aliphatic heterocycles. The van der Waals surface area contributed by atoms with Gasteiger partial charge in [0.2, 0.25) is 0 Å². The zero-order valence-corrected chi connectivity index (χ0v) is 24.6. The summed E-state index contributed by atoms with van der Waals surface area (Å²) in [6, 6.07) is 14.0. The number of nitrogens with zero attached hydrogens (tertiary/aromatic N) is 1. The van der Waals surface area contributed by atoms with Crippen molar-refractivity contribution in [3.05, 3.63) is 92.1 Å². The normalized spacial score (nSPS) is 11.8. The van der Waals surface area contributed by atoms with Gasteiger partial charge in [-0.2, -0.15) is 13.2 Å². The number of carbonyl (C=O) groups is 2. The SMILES string of the molecule is CCOC(=O)C(C)(C)Oc1ccc(CNC(=O)c2sc(-c3ccc(C(F)(F)F)cc3)nc2Cc2cccs2)c(C)c1. The maximum absolute atomic E-state index is 13.3. The van der Waals surface area contributed by atoms with Gasteiger partial charge in [0, 0.05) is 23.4 Å². The number of benzene rings is 2. The van der Waals surface area contributed by atoms with Crippen LogP contribution in [-0.2, 0) is 28.7 Å². The molecule has 0 unspecified atom stereocenters. The fourth-order valence-corrected chi connectivity index (χ4v) is 5.69.